The molecule has 0 radical (unpaired) electrons. The fourth-order valence-electron chi connectivity index (χ4n) is 1.24. The largest absolute Gasteiger partial charge is 0.314 e. The van der Waals surface area contributed by atoms with Gasteiger partial charge in [-0.15, -0.1) is 0 Å². The summed E-state index contributed by atoms with van der Waals surface area (Å²) in [5, 5.41) is 7.49. The molecule has 0 amide bonds. The van der Waals surface area contributed by atoms with Crippen LogP contribution in [0, 0.1) is 0 Å². The Morgan fingerprint density at radius 2 is 2.36 bits per heavy atom. The normalized spacial score (nSPS) is 11.3. The Morgan fingerprint density at radius 1 is 1.50 bits per heavy atom. The van der Waals surface area contributed by atoms with Crippen molar-refractivity contribution in [2.24, 2.45) is 0 Å². The Bertz CT molecular complexity index is 276. The minimum atomic E-state index is 0.926. The lowest BCUT2D eigenvalue weighted by molar-refractivity contribution is 0.602. The first kappa shape index (κ1) is 11.0. The lowest BCUT2D eigenvalue weighted by atomic mass is 10.3. The van der Waals surface area contributed by atoms with Crippen LogP contribution in [0.25, 0.3) is 6.08 Å². The van der Waals surface area contributed by atoms with E-state index in [9.17, 15) is 0 Å². The minimum absolute atomic E-state index is 0.926. The van der Waals surface area contributed by atoms with E-state index < -0.39 is 0 Å². The molecule has 0 aliphatic rings. The molecule has 1 aromatic heterocycles. The first-order valence-corrected chi connectivity index (χ1v) is 5.26. The molecule has 0 fully saturated rings. The summed E-state index contributed by atoms with van der Waals surface area (Å²) >= 11 is 0. The second-order valence-electron chi connectivity index (χ2n) is 3.25. The molecule has 0 bridgehead atoms. The zero-order valence-corrected chi connectivity index (χ0v) is 9.03. The Morgan fingerprint density at radius 3 is 3.07 bits per heavy atom. The highest BCUT2D eigenvalue weighted by Crippen LogP contribution is 2.00. The van der Waals surface area contributed by atoms with Gasteiger partial charge in [-0.05, 0) is 13.0 Å². The van der Waals surface area contributed by atoms with Gasteiger partial charge in [0.2, 0.25) is 0 Å². The molecule has 0 aliphatic heterocycles. The van der Waals surface area contributed by atoms with Crippen molar-refractivity contribution in [3.63, 3.8) is 0 Å². The number of nitrogens with one attached hydrogen (secondary N) is 1. The van der Waals surface area contributed by atoms with Crippen molar-refractivity contribution in [3.05, 3.63) is 24.0 Å². The average molecular weight is 193 g/mol. The Labute approximate surface area is 85.8 Å². The van der Waals surface area contributed by atoms with E-state index in [0.717, 1.165) is 26.1 Å². The molecule has 1 rings (SSSR count). The van der Waals surface area contributed by atoms with Gasteiger partial charge in [0.05, 0.1) is 6.20 Å². The summed E-state index contributed by atoms with van der Waals surface area (Å²) in [4.78, 5) is 0. The van der Waals surface area contributed by atoms with E-state index in [1.807, 2.05) is 10.9 Å². The van der Waals surface area contributed by atoms with Crippen LogP contribution in [0.15, 0.2) is 18.5 Å². The standard InChI is InChI=1S/C11H19N3/c1-3-8-14-10-11(9-13-14)6-5-7-12-4-2/h5-6,9-10,12H,3-4,7-8H2,1-2H3/b6-5+. The highest BCUT2D eigenvalue weighted by atomic mass is 15.3. The first-order chi connectivity index (χ1) is 6.86. The summed E-state index contributed by atoms with van der Waals surface area (Å²) in [7, 11) is 0. The maximum absolute atomic E-state index is 4.25. The number of hydrogen-bond acceptors (Lipinski definition) is 2. The third kappa shape index (κ3) is 3.75. The van der Waals surface area contributed by atoms with E-state index >= 15 is 0 Å². The summed E-state index contributed by atoms with van der Waals surface area (Å²) in [5.74, 6) is 0. The zero-order chi connectivity index (χ0) is 10.2. The van der Waals surface area contributed by atoms with Gasteiger partial charge in [-0.2, -0.15) is 5.10 Å². The van der Waals surface area contributed by atoms with Crippen molar-refractivity contribution in [2.75, 3.05) is 13.1 Å². The van der Waals surface area contributed by atoms with Gasteiger partial charge in [-0.1, -0.05) is 26.0 Å². The monoisotopic (exact) mass is 193 g/mol. The minimum Gasteiger partial charge on any atom is -0.314 e. The quantitative estimate of drug-likeness (QED) is 0.699. The molecule has 0 aliphatic carbocycles. The molecule has 3 heteroatoms. The van der Waals surface area contributed by atoms with Crippen molar-refractivity contribution in [1.82, 2.24) is 15.1 Å². The van der Waals surface area contributed by atoms with Gasteiger partial charge in [-0.25, -0.2) is 0 Å². The molecule has 0 aromatic carbocycles. The smallest absolute Gasteiger partial charge is 0.0562 e. The first-order valence-electron chi connectivity index (χ1n) is 5.26. The highest BCUT2D eigenvalue weighted by Gasteiger charge is 1.92. The number of hydrogen-bond donors (Lipinski definition) is 1. The average Bonchev–Trinajstić information content (AvgIpc) is 2.61. The van der Waals surface area contributed by atoms with Crippen LogP contribution in [-0.2, 0) is 6.54 Å². The van der Waals surface area contributed by atoms with Gasteiger partial charge in [0.25, 0.3) is 0 Å². The van der Waals surface area contributed by atoms with Gasteiger partial charge in [0.15, 0.2) is 0 Å². The summed E-state index contributed by atoms with van der Waals surface area (Å²) in [6.07, 6.45) is 9.32. The molecule has 1 N–H and O–H groups in total. The van der Waals surface area contributed by atoms with Crippen molar-refractivity contribution < 1.29 is 0 Å². The Hall–Kier alpha value is -1.09. The second kappa shape index (κ2) is 6.38. The van der Waals surface area contributed by atoms with Crippen molar-refractivity contribution in [3.8, 4) is 0 Å². The number of likely N-dealkylation sites (N-methyl/N-ethyl adjacent to an activating group) is 1. The highest BCUT2D eigenvalue weighted by molar-refractivity contribution is 5.46. The van der Waals surface area contributed by atoms with E-state index in [-0.39, 0.29) is 0 Å². The summed E-state index contributed by atoms with van der Waals surface area (Å²) in [6, 6.07) is 0. The van der Waals surface area contributed by atoms with E-state index in [1.165, 1.54) is 5.56 Å². The SMILES string of the molecule is CCCn1cc(/C=C/CNCC)cn1. The Kier molecular flexibility index (Phi) is 5.00. The summed E-state index contributed by atoms with van der Waals surface area (Å²) < 4.78 is 1.98. The van der Waals surface area contributed by atoms with Crippen LogP contribution in [0.4, 0.5) is 0 Å². The molecule has 0 saturated carbocycles. The van der Waals surface area contributed by atoms with Gasteiger partial charge in [0, 0.05) is 24.8 Å². The lowest BCUT2D eigenvalue weighted by Crippen LogP contribution is -2.11. The molecule has 0 unspecified atom stereocenters. The van der Waals surface area contributed by atoms with Crippen molar-refractivity contribution >= 4 is 6.08 Å². The van der Waals surface area contributed by atoms with Crippen LogP contribution < -0.4 is 5.32 Å². The molecule has 3 nitrogen and oxygen atoms in total. The van der Waals surface area contributed by atoms with E-state index in [1.54, 1.807) is 0 Å². The van der Waals surface area contributed by atoms with Crippen LogP contribution in [0.3, 0.4) is 0 Å². The molecule has 78 valence electrons. The fraction of sp³-hybridized carbons (Fsp3) is 0.545. The zero-order valence-electron chi connectivity index (χ0n) is 9.03. The van der Waals surface area contributed by atoms with Crippen LogP contribution in [-0.4, -0.2) is 22.9 Å². The van der Waals surface area contributed by atoms with Gasteiger partial charge in [-0.3, -0.25) is 4.68 Å². The number of nitrogens with zero attached hydrogens (tertiary/aromatic N) is 2. The van der Waals surface area contributed by atoms with Crippen LogP contribution in [0.5, 0.6) is 0 Å². The maximum Gasteiger partial charge on any atom is 0.0562 e. The molecular weight excluding hydrogens is 174 g/mol. The third-order valence-corrected chi connectivity index (χ3v) is 1.93. The number of aromatic nitrogens is 2. The predicted octanol–water partition coefficient (Wildman–Crippen LogP) is 1.92. The molecular formula is C11H19N3. The number of aryl methyl sites for hydroxylation is 1. The predicted molar refractivity (Wildman–Crippen MR) is 60.1 cm³/mol. The summed E-state index contributed by atoms with van der Waals surface area (Å²) in [5.41, 5.74) is 1.18. The van der Waals surface area contributed by atoms with Crippen molar-refractivity contribution in [2.45, 2.75) is 26.8 Å². The Balaban J connectivity index is 2.38. The molecule has 0 saturated heterocycles. The third-order valence-electron chi connectivity index (χ3n) is 1.93. The lowest BCUT2D eigenvalue weighted by Gasteiger charge is -1.94. The number of rotatable bonds is 6. The maximum atomic E-state index is 4.25. The molecule has 0 atom stereocenters. The van der Waals surface area contributed by atoms with E-state index in [2.05, 4.69) is 42.6 Å². The van der Waals surface area contributed by atoms with E-state index in [0.29, 0.717) is 0 Å². The summed E-state index contributed by atoms with van der Waals surface area (Å²) in [6.45, 7) is 7.20. The molecule has 1 heterocycles. The molecule has 14 heavy (non-hydrogen) atoms. The van der Waals surface area contributed by atoms with Gasteiger partial charge >= 0.3 is 0 Å². The second-order valence-corrected chi connectivity index (χ2v) is 3.25. The van der Waals surface area contributed by atoms with Crippen LogP contribution >= 0.6 is 0 Å². The van der Waals surface area contributed by atoms with Crippen molar-refractivity contribution in [1.29, 1.82) is 0 Å². The fourth-order valence-corrected chi connectivity index (χ4v) is 1.24. The van der Waals surface area contributed by atoms with Gasteiger partial charge < -0.3 is 5.32 Å². The topological polar surface area (TPSA) is 29.9 Å². The van der Waals surface area contributed by atoms with Crippen LogP contribution in [0.1, 0.15) is 25.8 Å². The van der Waals surface area contributed by atoms with Crippen LogP contribution in [0.2, 0.25) is 0 Å². The molecule has 0 spiro atoms. The molecule has 1 aromatic rings. The van der Waals surface area contributed by atoms with Gasteiger partial charge in [0.1, 0.15) is 0 Å². The van der Waals surface area contributed by atoms with E-state index in [4.69, 9.17) is 0 Å².